The SMILES string of the molecule is CNS(=O)(=O)c1ccc(N)c(NC(C)(CO)CO)c1. The van der Waals surface area contributed by atoms with Crippen molar-refractivity contribution in [2.45, 2.75) is 17.4 Å². The highest BCUT2D eigenvalue weighted by Crippen LogP contribution is 2.25. The molecule has 0 fully saturated rings. The Balaban J connectivity index is 3.19. The molecule has 108 valence electrons. The van der Waals surface area contributed by atoms with E-state index in [0.717, 1.165) is 0 Å². The van der Waals surface area contributed by atoms with Gasteiger partial charge in [-0.3, -0.25) is 0 Å². The number of anilines is 2. The molecule has 0 unspecified atom stereocenters. The first-order chi connectivity index (χ1) is 8.78. The molecule has 0 atom stereocenters. The third kappa shape index (κ3) is 3.57. The van der Waals surface area contributed by atoms with E-state index in [1.54, 1.807) is 6.92 Å². The second-order valence-electron chi connectivity index (χ2n) is 4.46. The summed E-state index contributed by atoms with van der Waals surface area (Å²) in [6.07, 6.45) is 0. The summed E-state index contributed by atoms with van der Waals surface area (Å²) in [5, 5.41) is 21.3. The lowest BCUT2D eigenvalue weighted by atomic mass is 10.0. The largest absolute Gasteiger partial charge is 0.397 e. The smallest absolute Gasteiger partial charge is 0.240 e. The highest BCUT2D eigenvalue weighted by molar-refractivity contribution is 7.89. The molecule has 0 aliphatic carbocycles. The van der Waals surface area contributed by atoms with Crippen LogP contribution in [0, 0.1) is 0 Å². The number of hydrogen-bond donors (Lipinski definition) is 5. The predicted molar refractivity (Wildman–Crippen MR) is 73.3 cm³/mol. The average Bonchev–Trinajstić information content (AvgIpc) is 2.41. The Morgan fingerprint density at radius 1 is 1.32 bits per heavy atom. The van der Waals surface area contributed by atoms with Gasteiger partial charge < -0.3 is 21.3 Å². The van der Waals surface area contributed by atoms with E-state index in [2.05, 4.69) is 10.0 Å². The first-order valence-electron chi connectivity index (χ1n) is 5.61. The van der Waals surface area contributed by atoms with Crippen LogP contribution in [0.15, 0.2) is 23.1 Å². The van der Waals surface area contributed by atoms with E-state index in [9.17, 15) is 18.6 Å². The standard InChI is InChI=1S/C11H19N3O4S/c1-11(6-15,7-16)14-10-5-8(3-4-9(10)12)19(17,18)13-2/h3-5,13-16H,6-7,12H2,1-2H3. The van der Waals surface area contributed by atoms with E-state index in [-0.39, 0.29) is 18.1 Å². The number of hydrogen-bond acceptors (Lipinski definition) is 6. The fraction of sp³-hybridized carbons (Fsp3) is 0.455. The Bertz CT molecular complexity index is 541. The van der Waals surface area contributed by atoms with Gasteiger partial charge in [-0.2, -0.15) is 0 Å². The molecule has 8 heteroatoms. The van der Waals surface area contributed by atoms with Gasteiger partial charge in [0.05, 0.1) is 35.0 Å². The van der Waals surface area contributed by atoms with E-state index < -0.39 is 15.6 Å². The molecule has 0 heterocycles. The number of sulfonamides is 1. The van der Waals surface area contributed by atoms with E-state index in [4.69, 9.17) is 5.73 Å². The third-order valence-corrected chi connectivity index (χ3v) is 4.15. The maximum absolute atomic E-state index is 11.7. The highest BCUT2D eigenvalue weighted by atomic mass is 32.2. The van der Waals surface area contributed by atoms with Crippen molar-refractivity contribution in [3.8, 4) is 0 Å². The lowest BCUT2D eigenvalue weighted by Crippen LogP contribution is -2.42. The van der Waals surface area contributed by atoms with Crippen LogP contribution in [0.4, 0.5) is 11.4 Å². The molecule has 0 amide bonds. The van der Waals surface area contributed by atoms with Crippen LogP contribution in [-0.4, -0.2) is 44.4 Å². The molecule has 19 heavy (non-hydrogen) atoms. The van der Waals surface area contributed by atoms with Crippen LogP contribution in [0.1, 0.15) is 6.92 Å². The topological polar surface area (TPSA) is 125 Å². The normalized spacial score (nSPS) is 12.4. The van der Waals surface area contributed by atoms with Crippen molar-refractivity contribution >= 4 is 21.4 Å². The van der Waals surface area contributed by atoms with Crippen molar-refractivity contribution in [3.05, 3.63) is 18.2 Å². The van der Waals surface area contributed by atoms with Crippen LogP contribution < -0.4 is 15.8 Å². The molecule has 0 spiro atoms. The van der Waals surface area contributed by atoms with Gasteiger partial charge in [0.1, 0.15) is 0 Å². The van der Waals surface area contributed by atoms with Gasteiger partial charge in [0, 0.05) is 0 Å². The molecule has 0 aromatic heterocycles. The Hall–Kier alpha value is -1.35. The molecular weight excluding hydrogens is 270 g/mol. The summed E-state index contributed by atoms with van der Waals surface area (Å²) in [5.74, 6) is 0. The fourth-order valence-electron chi connectivity index (χ4n) is 1.38. The van der Waals surface area contributed by atoms with Crippen LogP contribution in [0.2, 0.25) is 0 Å². The first-order valence-corrected chi connectivity index (χ1v) is 7.09. The van der Waals surface area contributed by atoms with Crippen molar-refractivity contribution in [1.82, 2.24) is 4.72 Å². The van der Waals surface area contributed by atoms with Crippen LogP contribution in [0.3, 0.4) is 0 Å². The summed E-state index contributed by atoms with van der Waals surface area (Å²) in [4.78, 5) is 0.0462. The Labute approximate surface area is 112 Å². The van der Waals surface area contributed by atoms with Crippen LogP contribution in [-0.2, 0) is 10.0 Å². The zero-order valence-corrected chi connectivity index (χ0v) is 11.7. The number of nitrogen functional groups attached to an aromatic ring is 1. The summed E-state index contributed by atoms with van der Waals surface area (Å²) in [6.45, 7) is 0.934. The number of rotatable bonds is 6. The average molecular weight is 289 g/mol. The van der Waals surface area contributed by atoms with Crippen molar-refractivity contribution in [2.24, 2.45) is 0 Å². The van der Waals surface area contributed by atoms with Crippen molar-refractivity contribution < 1.29 is 18.6 Å². The van der Waals surface area contributed by atoms with Crippen LogP contribution in [0.25, 0.3) is 0 Å². The molecule has 0 bridgehead atoms. The minimum Gasteiger partial charge on any atom is -0.397 e. The number of nitrogens with one attached hydrogen (secondary N) is 2. The Morgan fingerprint density at radius 3 is 2.37 bits per heavy atom. The van der Waals surface area contributed by atoms with Crippen molar-refractivity contribution in [1.29, 1.82) is 0 Å². The summed E-state index contributed by atoms with van der Waals surface area (Å²) in [6, 6.07) is 4.17. The third-order valence-electron chi connectivity index (χ3n) is 2.74. The van der Waals surface area contributed by atoms with Gasteiger partial charge in [-0.05, 0) is 32.2 Å². The van der Waals surface area contributed by atoms with Gasteiger partial charge in [-0.15, -0.1) is 0 Å². The van der Waals surface area contributed by atoms with Gasteiger partial charge in [0.25, 0.3) is 0 Å². The zero-order valence-electron chi connectivity index (χ0n) is 10.8. The lowest BCUT2D eigenvalue weighted by molar-refractivity contribution is 0.147. The Morgan fingerprint density at radius 2 is 1.89 bits per heavy atom. The van der Waals surface area contributed by atoms with Gasteiger partial charge in [0.15, 0.2) is 0 Å². The second-order valence-corrected chi connectivity index (χ2v) is 6.35. The van der Waals surface area contributed by atoms with Gasteiger partial charge >= 0.3 is 0 Å². The molecule has 1 aromatic carbocycles. The predicted octanol–water partition coefficient (Wildman–Crippen LogP) is -0.668. The van der Waals surface area contributed by atoms with E-state index in [1.807, 2.05) is 0 Å². The number of benzene rings is 1. The highest BCUT2D eigenvalue weighted by Gasteiger charge is 2.23. The van der Waals surface area contributed by atoms with Crippen LogP contribution in [0.5, 0.6) is 0 Å². The minimum atomic E-state index is -3.58. The Kier molecular flexibility index (Phi) is 4.75. The molecule has 7 nitrogen and oxygen atoms in total. The number of nitrogens with two attached hydrogens (primary N) is 1. The van der Waals surface area contributed by atoms with E-state index in [0.29, 0.717) is 11.4 Å². The summed E-state index contributed by atoms with van der Waals surface area (Å²) >= 11 is 0. The fourth-order valence-corrected chi connectivity index (χ4v) is 2.14. The molecule has 0 radical (unpaired) electrons. The zero-order chi connectivity index (χ0) is 14.7. The maximum Gasteiger partial charge on any atom is 0.240 e. The first kappa shape index (κ1) is 15.7. The molecule has 0 aliphatic heterocycles. The minimum absolute atomic E-state index is 0.0462. The molecule has 0 aliphatic rings. The quantitative estimate of drug-likeness (QED) is 0.442. The van der Waals surface area contributed by atoms with Crippen molar-refractivity contribution in [3.63, 3.8) is 0 Å². The molecule has 1 aromatic rings. The molecule has 1 rings (SSSR count). The monoisotopic (exact) mass is 289 g/mol. The van der Waals surface area contributed by atoms with Gasteiger partial charge in [-0.1, -0.05) is 0 Å². The van der Waals surface area contributed by atoms with E-state index >= 15 is 0 Å². The van der Waals surface area contributed by atoms with Crippen molar-refractivity contribution in [2.75, 3.05) is 31.3 Å². The summed E-state index contributed by atoms with van der Waals surface area (Å²) in [5.41, 5.74) is 5.42. The van der Waals surface area contributed by atoms with Crippen LogP contribution >= 0.6 is 0 Å². The second kappa shape index (κ2) is 5.74. The number of aliphatic hydroxyl groups is 2. The van der Waals surface area contributed by atoms with Gasteiger partial charge in [-0.25, -0.2) is 13.1 Å². The maximum atomic E-state index is 11.7. The molecular formula is C11H19N3O4S. The summed E-state index contributed by atoms with van der Waals surface area (Å²) < 4.78 is 25.6. The number of aliphatic hydroxyl groups excluding tert-OH is 2. The molecule has 0 saturated carbocycles. The summed E-state index contributed by atoms with van der Waals surface area (Å²) in [7, 11) is -2.27. The van der Waals surface area contributed by atoms with Gasteiger partial charge in [0.2, 0.25) is 10.0 Å². The molecule has 6 N–H and O–H groups in total. The van der Waals surface area contributed by atoms with E-state index in [1.165, 1.54) is 25.2 Å². The lowest BCUT2D eigenvalue weighted by Gasteiger charge is -2.28. The molecule has 0 saturated heterocycles.